The van der Waals surface area contributed by atoms with E-state index in [1.54, 1.807) is 17.0 Å². The van der Waals surface area contributed by atoms with Crippen LogP contribution in [0.15, 0.2) is 18.2 Å². The van der Waals surface area contributed by atoms with Crippen LogP contribution in [0.2, 0.25) is 0 Å². The summed E-state index contributed by atoms with van der Waals surface area (Å²) < 4.78 is 0. The van der Waals surface area contributed by atoms with E-state index in [1.165, 1.54) is 0 Å². The van der Waals surface area contributed by atoms with Gasteiger partial charge >= 0.3 is 0 Å². The average Bonchev–Trinajstić information content (AvgIpc) is 3.14. The minimum absolute atomic E-state index is 0.00475. The zero-order valence-corrected chi connectivity index (χ0v) is 15.0. The van der Waals surface area contributed by atoms with Crippen molar-refractivity contribution in [2.24, 2.45) is 11.8 Å². The van der Waals surface area contributed by atoms with E-state index in [1.807, 2.05) is 13.0 Å². The predicted octanol–water partition coefficient (Wildman–Crippen LogP) is 1.22. The molecule has 0 spiro atoms. The van der Waals surface area contributed by atoms with Crippen LogP contribution in [0.5, 0.6) is 0 Å². The summed E-state index contributed by atoms with van der Waals surface area (Å²) >= 11 is 0. The Morgan fingerprint density at radius 2 is 2.08 bits per heavy atom. The molecule has 1 aliphatic heterocycles. The first kappa shape index (κ1) is 17.0. The van der Waals surface area contributed by atoms with Crippen molar-refractivity contribution < 1.29 is 14.7 Å². The maximum atomic E-state index is 12.8. The summed E-state index contributed by atoms with van der Waals surface area (Å²) in [6.45, 7) is 4.62. The van der Waals surface area contributed by atoms with Gasteiger partial charge in [0, 0.05) is 35.7 Å². The van der Waals surface area contributed by atoms with E-state index < -0.39 is 12.1 Å². The third-order valence-electron chi connectivity index (χ3n) is 5.64. The number of fused-ring (bicyclic) bond motifs is 1. The number of hydrogen-bond acceptors (Lipinski definition) is 4. The van der Waals surface area contributed by atoms with E-state index in [0.717, 1.165) is 29.4 Å². The van der Waals surface area contributed by atoms with Crippen molar-refractivity contribution in [3.05, 3.63) is 29.5 Å². The van der Waals surface area contributed by atoms with Crippen LogP contribution in [0.3, 0.4) is 0 Å². The maximum absolute atomic E-state index is 12.8. The first-order valence-electron chi connectivity index (χ1n) is 9.15. The number of β-amino-alcohol motifs (C(OH)–C–C–N with tert-alkyl or cyclic N) is 1. The average molecular weight is 356 g/mol. The highest BCUT2D eigenvalue weighted by atomic mass is 16.3. The molecule has 2 aromatic rings. The highest BCUT2D eigenvalue weighted by Gasteiger charge is 2.38. The number of likely N-dealkylation sites (tertiary alicyclic amines) is 1. The summed E-state index contributed by atoms with van der Waals surface area (Å²) in [5.41, 5.74) is 2.25. The zero-order valence-electron chi connectivity index (χ0n) is 15.0. The van der Waals surface area contributed by atoms with Gasteiger partial charge in [0.1, 0.15) is 0 Å². The third-order valence-corrected chi connectivity index (χ3v) is 5.64. The molecule has 26 heavy (non-hydrogen) atoms. The Hall–Kier alpha value is -2.41. The number of benzene rings is 1. The van der Waals surface area contributed by atoms with Gasteiger partial charge in [-0.15, -0.1) is 0 Å². The number of rotatable bonds is 3. The second-order valence-corrected chi connectivity index (χ2v) is 7.75. The molecule has 4 rings (SSSR count). The molecule has 2 atom stereocenters. The minimum Gasteiger partial charge on any atom is -0.389 e. The van der Waals surface area contributed by atoms with E-state index in [4.69, 9.17) is 0 Å². The van der Waals surface area contributed by atoms with E-state index in [2.05, 4.69) is 22.4 Å². The van der Waals surface area contributed by atoms with E-state index in [-0.39, 0.29) is 24.3 Å². The molecule has 2 fully saturated rings. The molecule has 2 aliphatic rings. The number of amides is 2. The summed E-state index contributed by atoms with van der Waals surface area (Å²) in [5.74, 6) is 0.487. The Morgan fingerprint density at radius 1 is 1.31 bits per heavy atom. The fourth-order valence-corrected chi connectivity index (χ4v) is 3.97. The number of hydrogen-bond donors (Lipinski definition) is 3. The fraction of sp³-hybridized carbons (Fsp3) is 0.526. The SMILES string of the molecule is Cc1[nH]nc2cc(C(=O)N3C[C@@H](O)[C@H](NC(=O)C4CC(C)C4)C3)ccc12. The second kappa shape index (κ2) is 6.39. The van der Waals surface area contributed by atoms with Gasteiger partial charge in [-0.05, 0) is 37.8 Å². The maximum Gasteiger partial charge on any atom is 0.254 e. The molecule has 7 nitrogen and oxygen atoms in total. The number of aliphatic hydroxyl groups is 1. The van der Waals surface area contributed by atoms with E-state index >= 15 is 0 Å². The second-order valence-electron chi connectivity index (χ2n) is 7.75. The molecule has 3 N–H and O–H groups in total. The van der Waals surface area contributed by atoms with Crippen LogP contribution < -0.4 is 5.32 Å². The van der Waals surface area contributed by atoms with Crippen molar-refractivity contribution in [3.8, 4) is 0 Å². The van der Waals surface area contributed by atoms with Gasteiger partial charge in [0.2, 0.25) is 5.91 Å². The molecule has 1 saturated carbocycles. The Kier molecular flexibility index (Phi) is 4.19. The first-order chi connectivity index (χ1) is 12.4. The van der Waals surface area contributed by atoms with Gasteiger partial charge in [0.15, 0.2) is 0 Å². The van der Waals surface area contributed by atoms with Crippen molar-refractivity contribution in [1.82, 2.24) is 20.4 Å². The van der Waals surface area contributed by atoms with Crippen LogP contribution in [0.1, 0.15) is 35.8 Å². The molecule has 0 bridgehead atoms. The largest absolute Gasteiger partial charge is 0.389 e. The van der Waals surface area contributed by atoms with Crippen molar-refractivity contribution in [3.63, 3.8) is 0 Å². The lowest BCUT2D eigenvalue weighted by Crippen LogP contribution is -2.47. The Balaban J connectivity index is 1.42. The molecule has 1 aliphatic carbocycles. The first-order valence-corrected chi connectivity index (χ1v) is 9.15. The molecule has 2 heterocycles. The van der Waals surface area contributed by atoms with Crippen molar-refractivity contribution in [2.75, 3.05) is 13.1 Å². The quantitative estimate of drug-likeness (QED) is 0.770. The van der Waals surface area contributed by atoms with Crippen LogP contribution in [-0.4, -0.2) is 57.3 Å². The lowest BCUT2D eigenvalue weighted by atomic mass is 9.75. The molecular formula is C19H24N4O3. The van der Waals surface area contributed by atoms with Crippen LogP contribution in [0, 0.1) is 18.8 Å². The molecule has 0 radical (unpaired) electrons. The number of aromatic amines is 1. The van der Waals surface area contributed by atoms with Crippen LogP contribution in [0.25, 0.3) is 10.9 Å². The summed E-state index contributed by atoms with van der Waals surface area (Å²) in [6.07, 6.45) is 1.07. The van der Waals surface area contributed by atoms with Crippen LogP contribution in [-0.2, 0) is 4.79 Å². The lowest BCUT2D eigenvalue weighted by Gasteiger charge is -2.32. The summed E-state index contributed by atoms with van der Waals surface area (Å²) in [5, 5.41) is 21.3. The predicted molar refractivity (Wildman–Crippen MR) is 96.6 cm³/mol. The Labute approximate surface area is 151 Å². The van der Waals surface area contributed by atoms with Gasteiger partial charge in [-0.3, -0.25) is 14.7 Å². The van der Waals surface area contributed by atoms with Gasteiger partial charge < -0.3 is 15.3 Å². The Bertz CT molecular complexity index is 856. The van der Waals surface area contributed by atoms with Crippen molar-refractivity contribution >= 4 is 22.7 Å². The number of aliphatic hydroxyl groups excluding tert-OH is 1. The summed E-state index contributed by atoms with van der Waals surface area (Å²) in [6, 6.07) is 5.01. The highest BCUT2D eigenvalue weighted by molar-refractivity contribution is 5.98. The normalized spacial score (nSPS) is 28.2. The smallest absolute Gasteiger partial charge is 0.254 e. The number of nitrogens with zero attached hydrogens (tertiary/aromatic N) is 2. The molecule has 7 heteroatoms. The molecule has 1 aromatic carbocycles. The zero-order chi connectivity index (χ0) is 18.4. The number of aryl methyl sites for hydroxylation is 1. The van der Waals surface area contributed by atoms with Crippen molar-refractivity contribution in [2.45, 2.75) is 38.8 Å². The summed E-state index contributed by atoms with van der Waals surface area (Å²) in [4.78, 5) is 26.6. The molecule has 0 unspecified atom stereocenters. The van der Waals surface area contributed by atoms with Gasteiger partial charge in [-0.2, -0.15) is 5.10 Å². The van der Waals surface area contributed by atoms with Crippen LogP contribution >= 0.6 is 0 Å². The standard InChI is InChI=1S/C19H24N4O3/c1-10-5-13(6-10)18(25)20-16-8-23(9-17(16)24)19(26)12-3-4-14-11(2)21-22-15(14)7-12/h3-4,7,10,13,16-17,24H,5-6,8-9H2,1-2H3,(H,20,25)(H,21,22)/t10?,13?,16-,17-/m1/s1. The number of carbonyl (C=O) groups excluding carboxylic acids is 2. The monoisotopic (exact) mass is 356 g/mol. The van der Waals surface area contributed by atoms with Gasteiger partial charge in [0.25, 0.3) is 5.91 Å². The van der Waals surface area contributed by atoms with E-state index in [9.17, 15) is 14.7 Å². The van der Waals surface area contributed by atoms with Gasteiger partial charge in [-0.1, -0.05) is 13.0 Å². The third kappa shape index (κ3) is 2.96. The fourth-order valence-electron chi connectivity index (χ4n) is 3.97. The molecule has 1 aromatic heterocycles. The molecular weight excluding hydrogens is 332 g/mol. The Morgan fingerprint density at radius 3 is 2.81 bits per heavy atom. The number of H-pyrrole nitrogens is 1. The van der Waals surface area contributed by atoms with Gasteiger partial charge in [0.05, 0.1) is 17.7 Å². The highest BCUT2D eigenvalue weighted by Crippen LogP contribution is 2.33. The molecule has 2 amide bonds. The number of aromatic nitrogens is 2. The number of carbonyl (C=O) groups is 2. The topological polar surface area (TPSA) is 98.3 Å². The number of nitrogens with one attached hydrogen (secondary N) is 2. The van der Waals surface area contributed by atoms with Gasteiger partial charge in [-0.25, -0.2) is 0 Å². The van der Waals surface area contributed by atoms with E-state index in [0.29, 0.717) is 18.0 Å². The molecule has 1 saturated heterocycles. The molecule has 138 valence electrons. The lowest BCUT2D eigenvalue weighted by molar-refractivity contribution is -0.130. The summed E-state index contributed by atoms with van der Waals surface area (Å²) in [7, 11) is 0. The van der Waals surface area contributed by atoms with Crippen LogP contribution in [0.4, 0.5) is 0 Å². The minimum atomic E-state index is -0.739. The van der Waals surface area contributed by atoms with Crippen molar-refractivity contribution in [1.29, 1.82) is 0 Å².